The van der Waals surface area contributed by atoms with E-state index in [2.05, 4.69) is 9.97 Å². The number of carbonyl (C=O) groups is 1. The largest absolute Gasteiger partial charge is 0.476 e. The summed E-state index contributed by atoms with van der Waals surface area (Å²) < 4.78 is 1.45. The van der Waals surface area contributed by atoms with Crippen LogP contribution in [0.5, 0.6) is 0 Å². The highest BCUT2D eigenvalue weighted by Crippen LogP contribution is 2.04. The Morgan fingerprint density at radius 3 is 3.00 bits per heavy atom. The van der Waals surface area contributed by atoms with Crippen molar-refractivity contribution in [1.29, 1.82) is 5.26 Å². The molecule has 0 aromatic carbocycles. The molecule has 0 aliphatic heterocycles. The van der Waals surface area contributed by atoms with E-state index in [1.165, 1.54) is 23.0 Å². The third-order valence-corrected chi connectivity index (χ3v) is 1.68. The Kier molecular flexibility index (Phi) is 1.65. The molecule has 0 fully saturated rings. The molecule has 14 heavy (non-hydrogen) atoms. The van der Waals surface area contributed by atoms with Gasteiger partial charge in [-0.05, 0) is 0 Å². The number of aromatic carboxylic acids is 1. The van der Waals surface area contributed by atoms with Crippen molar-refractivity contribution >= 4 is 11.6 Å². The molecule has 68 valence electrons. The summed E-state index contributed by atoms with van der Waals surface area (Å²) in [5, 5.41) is 17.2. The van der Waals surface area contributed by atoms with Crippen molar-refractivity contribution in [2.75, 3.05) is 0 Å². The van der Waals surface area contributed by atoms with Gasteiger partial charge in [-0.3, -0.25) is 0 Å². The number of hydrogen-bond donors (Lipinski definition) is 1. The van der Waals surface area contributed by atoms with Gasteiger partial charge in [-0.1, -0.05) is 0 Å². The Morgan fingerprint density at radius 2 is 2.36 bits per heavy atom. The van der Waals surface area contributed by atoms with Gasteiger partial charge in [0, 0.05) is 12.4 Å². The fourth-order valence-electron chi connectivity index (χ4n) is 1.06. The van der Waals surface area contributed by atoms with E-state index in [0.29, 0.717) is 5.65 Å². The second kappa shape index (κ2) is 2.81. The molecule has 6 nitrogen and oxygen atoms in total. The van der Waals surface area contributed by atoms with Crippen LogP contribution in [0.15, 0.2) is 18.6 Å². The molecule has 0 aliphatic carbocycles. The van der Waals surface area contributed by atoms with Gasteiger partial charge < -0.3 is 9.51 Å². The molecule has 2 aromatic heterocycles. The predicted octanol–water partition coefficient (Wildman–Crippen LogP) is 0.299. The van der Waals surface area contributed by atoms with Gasteiger partial charge in [0.25, 0.3) is 0 Å². The number of rotatable bonds is 1. The van der Waals surface area contributed by atoms with Crippen molar-refractivity contribution in [2.24, 2.45) is 0 Å². The first-order valence-corrected chi connectivity index (χ1v) is 3.69. The van der Waals surface area contributed by atoms with Crippen molar-refractivity contribution in [1.82, 2.24) is 14.4 Å². The van der Waals surface area contributed by atoms with Crippen molar-refractivity contribution in [2.45, 2.75) is 0 Å². The van der Waals surface area contributed by atoms with Crippen molar-refractivity contribution in [3.8, 4) is 6.07 Å². The Bertz CT molecular complexity index is 552. The lowest BCUT2D eigenvalue weighted by molar-refractivity contribution is 0.0690. The van der Waals surface area contributed by atoms with E-state index in [0.717, 1.165) is 0 Å². The van der Waals surface area contributed by atoms with Gasteiger partial charge in [0.15, 0.2) is 17.0 Å². The van der Waals surface area contributed by atoms with Gasteiger partial charge in [0.05, 0.1) is 6.20 Å². The van der Waals surface area contributed by atoms with E-state index in [-0.39, 0.29) is 11.4 Å². The molecular weight excluding hydrogens is 184 g/mol. The van der Waals surface area contributed by atoms with Gasteiger partial charge >= 0.3 is 5.97 Å². The molecule has 0 aliphatic rings. The highest BCUT2D eigenvalue weighted by molar-refractivity contribution is 5.85. The van der Waals surface area contributed by atoms with E-state index in [9.17, 15) is 4.79 Å². The minimum Gasteiger partial charge on any atom is -0.476 e. The Labute approximate surface area is 78.1 Å². The zero-order chi connectivity index (χ0) is 10.1. The number of hydrogen-bond acceptors (Lipinski definition) is 4. The number of carboxylic acids is 1. The van der Waals surface area contributed by atoms with Gasteiger partial charge in [-0.2, -0.15) is 5.26 Å². The molecule has 0 bridgehead atoms. The van der Waals surface area contributed by atoms with Crippen LogP contribution in [-0.2, 0) is 0 Å². The topological polar surface area (TPSA) is 91.3 Å². The molecule has 6 heteroatoms. The zero-order valence-electron chi connectivity index (χ0n) is 6.88. The average molecular weight is 188 g/mol. The standard InChI is InChI=1S/C8H4N4O2/c9-1-5-3-12-4-6(8(13)14)10-2-7(12)11-5/h2-4H,(H,13,14). The fourth-order valence-corrected chi connectivity index (χ4v) is 1.06. The SMILES string of the molecule is N#Cc1cn2cc(C(=O)O)ncc2n1. The maximum absolute atomic E-state index is 10.6. The summed E-state index contributed by atoms with van der Waals surface area (Å²) in [5.41, 5.74) is 0.597. The number of imidazole rings is 1. The predicted molar refractivity (Wildman–Crippen MR) is 44.7 cm³/mol. The lowest BCUT2D eigenvalue weighted by Crippen LogP contribution is -2.01. The van der Waals surface area contributed by atoms with Crippen LogP contribution in [0.25, 0.3) is 5.65 Å². The Morgan fingerprint density at radius 1 is 1.57 bits per heavy atom. The fraction of sp³-hybridized carbons (Fsp3) is 0. The van der Waals surface area contributed by atoms with Gasteiger partial charge in [-0.15, -0.1) is 0 Å². The molecule has 0 unspecified atom stereocenters. The summed E-state index contributed by atoms with van der Waals surface area (Å²) in [5.74, 6) is -1.11. The molecule has 1 N–H and O–H groups in total. The molecular formula is C8H4N4O2. The second-order valence-electron chi connectivity index (χ2n) is 2.58. The van der Waals surface area contributed by atoms with Gasteiger partial charge in [0.2, 0.25) is 0 Å². The van der Waals surface area contributed by atoms with E-state index in [1.807, 2.05) is 6.07 Å². The number of carboxylic acid groups (broad SMARTS) is 1. The normalized spacial score (nSPS) is 9.93. The molecule has 0 atom stereocenters. The van der Waals surface area contributed by atoms with E-state index >= 15 is 0 Å². The lowest BCUT2D eigenvalue weighted by atomic mass is 10.4. The lowest BCUT2D eigenvalue weighted by Gasteiger charge is -1.94. The van der Waals surface area contributed by atoms with Crippen molar-refractivity contribution in [3.63, 3.8) is 0 Å². The number of nitrogens with zero attached hydrogens (tertiary/aromatic N) is 4. The number of nitriles is 1. The molecule has 0 radical (unpaired) electrons. The number of fused-ring (bicyclic) bond motifs is 1. The van der Waals surface area contributed by atoms with Crippen molar-refractivity contribution in [3.05, 3.63) is 30.0 Å². The van der Waals surface area contributed by atoms with E-state index in [1.54, 1.807) is 0 Å². The maximum atomic E-state index is 10.6. The first-order valence-electron chi connectivity index (χ1n) is 3.69. The summed E-state index contributed by atoms with van der Waals surface area (Å²) in [6, 6.07) is 1.86. The average Bonchev–Trinajstić information content (AvgIpc) is 2.58. The van der Waals surface area contributed by atoms with Crippen molar-refractivity contribution < 1.29 is 9.90 Å². The first-order chi connectivity index (χ1) is 6.70. The monoisotopic (exact) mass is 188 g/mol. The minimum absolute atomic E-state index is 0.0839. The van der Waals surface area contributed by atoms with Gasteiger partial charge in [0.1, 0.15) is 6.07 Å². The molecule has 2 rings (SSSR count). The summed E-state index contributed by atoms with van der Waals surface area (Å²) in [7, 11) is 0. The quantitative estimate of drug-likeness (QED) is 0.694. The molecule has 0 saturated carbocycles. The molecule has 0 spiro atoms. The van der Waals surface area contributed by atoms with E-state index < -0.39 is 5.97 Å². The van der Waals surface area contributed by atoms with Gasteiger partial charge in [-0.25, -0.2) is 14.8 Å². The van der Waals surface area contributed by atoms with Crippen LogP contribution >= 0.6 is 0 Å². The first kappa shape index (κ1) is 8.19. The molecule has 2 heterocycles. The third-order valence-electron chi connectivity index (χ3n) is 1.68. The molecule has 2 aromatic rings. The van der Waals surface area contributed by atoms with Crippen LogP contribution in [0.2, 0.25) is 0 Å². The highest BCUT2D eigenvalue weighted by Gasteiger charge is 2.07. The maximum Gasteiger partial charge on any atom is 0.356 e. The molecule has 0 saturated heterocycles. The van der Waals surface area contributed by atoms with E-state index in [4.69, 9.17) is 10.4 Å². The summed E-state index contributed by atoms with van der Waals surface area (Å²) >= 11 is 0. The Hall–Kier alpha value is -2.42. The van der Waals surface area contributed by atoms with Crippen LogP contribution in [0.1, 0.15) is 16.2 Å². The summed E-state index contributed by atoms with van der Waals surface area (Å²) in [6.07, 6.45) is 4.07. The second-order valence-corrected chi connectivity index (χ2v) is 2.58. The van der Waals surface area contributed by atoms with Crippen LogP contribution in [0, 0.1) is 11.3 Å². The third kappa shape index (κ3) is 1.17. The summed E-state index contributed by atoms with van der Waals surface area (Å²) in [6.45, 7) is 0. The molecule has 0 amide bonds. The van der Waals surface area contributed by atoms with Crippen LogP contribution in [0.3, 0.4) is 0 Å². The summed E-state index contributed by atoms with van der Waals surface area (Å²) in [4.78, 5) is 18.1. The number of aromatic nitrogens is 3. The van der Waals surface area contributed by atoms with Crippen LogP contribution in [0.4, 0.5) is 0 Å². The smallest absolute Gasteiger partial charge is 0.356 e. The Balaban J connectivity index is 2.66. The van der Waals surface area contributed by atoms with Crippen LogP contribution in [-0.4, -0.2) is 25.4 Å². The van der Waals surface area contributed by atoms with Crippen LogP contribution < -0.4 is 0 Å². The minimum atomic E-state index is -1.11. The zero-order valence-corrected chi connectivity index (χ0v) is 6.88. The highest BCUT2D eigenvalue weighted by atomic mass is 16.4.